The van der Waals surface area contributed by atoms with Gasteiger partial charge in [0.15, 0.2) is 0 Å². The third-order valence-electron chi connectivity index (χ3n) is 7.61. The van der Waals surface area contributed by atoms with Crippen LogP contribution in [0.1, 0.15) is 16.7 Å². The lowest BCUT2D eigenvalue weighted by molar-refractivity contribution is 1.18. The minimum Gasteiger partial charge on any atom is -0.310 e. The van der Waals surface area contributed by atoms with E-state index in [4.69, 9.17) is 0 Å². The lowest BCUT2D eigenvalue weighted by Crippen LogP contribution is -2.09. The fourth-order valence-corrected chi connectivity index (χ4v) is 5.63. The molecule has 0 spiro atoms. The SMILES string of the molecule is Cc1ccc2c(c1)c1cc(N(c3ccccc3)c3ccc(C=Cc4ccccc4)cc3)ccc1n2-c1ccccc1. The Hall–Kier alpha value is -5.34. The van der Waals surface area contributed by atoms with E-state index in [1.807, 2.05) is 6.07 Å². The molecule has 0 fully saturated rings. The highest BCUT2D eigenvalue weighted by Gasteiger charge is 2.17. The first-order valence-corrected chi connectivity index (χ1v) is 14.0. The van der Waals surface area contributed by atoms with Gasteiger partial charge in [-0.3, -0.25) is 0 Å². The Labute approximate surface area is 241 Å². The van der Waals surface area contributed by atoms with Gasteiger partial charge < -0.3 is 9.47 Å². The molecule has 0 saturated heterocycles. The third-order valence-corrected chi connectivity index (χ3v) is 7.61. The number of nitrogens with zero attached hydrogens (tertiary/aromatic N) is 2. The molecule has 0 aliphatic heterocycles. The van der Waals surface area contributed by atoms with Crippen LogP contribution in [0.5, 0.6) is 0 Å². The van der Waals surface area contributed by atoms with Crippen LogP contribution in [0.2, 0.25) is 0 Å². The Kier molecular flexibility index (Phi) is 6.42. The molecular formula is C39H30N2. The number of fused-ring (bicyclic) bond motifs is 3. The van der Waals surface area contributed by atoms with Crippen LogP contribution in [0, 0.1) is 6.92 Å². The number of hydrogen-bond donors (Lipinski definition) is 0. The van der Waals surface area contributed by atoms with Crippen LogP contribution in [-0.2, 0) is 0 Å². The second-order valence-corrected chi connectivity index (χ2v) is 10.4. The van der Waals surface area contributed by atoms with Crippen molar-refractivity contribution in [2.75, 3.05) is 4.90 Å². The molecule has 0 amide bonds. The summed E-state index contributed by atoms with van der Waals surface area (Å²) < 4.78 is 2.37. The zero-order chi connectivity index (χ0) is 27.6. The molecule has 0 radical (unpaired) electrons. The van der Waals surface area contributed by atoms with Gasteiger partial charge in [0.2, 0.25) is 0 Å². The Bertz CT molecular complexity index is 1970. The van der Waals surface area contributed by atoms with Crippen LogP contribution in [0.4, 0.5) is 17.1 Å². The van der Waals surface area contributed by atoms with Crippen molar-refractivity contribution in [3.8, 4) is 5.69 Å². The van der Waals surface area contributed by atoms with E-state index < -0.39 is 0 Å². The van der Waals surface area contributed by atoms with Crippen molar-refractivity contribution < 1.29 is 0 Å². The smallest absolute Gasteiger partial charge is 0.0542 e. The van der Waals surface area contributed by atoms with E-state index >= 15 is 0 Å². The quantitative estimate of drug-likeness (QED) is 0.196. The molecule has 7 aromatic rings. The molecule has 0 aliphatic rings. The summed E-state index contributed by atoms with van der Waals surface area (Å²) in [5, 5.41) is 2.51. The molecule has 0 unspecified atom stereocenters. The van der Waals surface area contributed by atoms with Gasteiger partial charge in [-0.1, -0.05) is 103 Å². The molecule has 7 rings (SSSR count). The van der Waals surface area contributed by atoms with Crippen molar-refractivity contribution in [3.63, 3.8) is 0 Å². The standard InChI is InChI=1S/C39H30N2/c1-29-17-25-38-36(27-29)37-28-35(24-26-39(37)41(38)33-15-9-4-10-16-33)40(32-13-7-3-8-14-32)34-22-20-31(21-23-34)19-18-30-11-5-2-6-12-30/h2-28H,1H3. The predicted molar refractivity (Wildman–Crippen MR) is 176 cm³/mol. The van der Waals surface area contributed by atoms with E-state index in [-0.39, 0.29) is 0 Å². The summed E-state index contributed by atoms with van der Waals surface area (Å²) in [6, 6.07) is 54.0. The normalized spacial score (nSPS) is 11.4. The molecule has 0 bridgehead atoms. The Morgan fingerprint density at radius 2 is 0.976 bits per heavy atom. The van der Waals surface area contributed by atoms with Gasteiger partial charge in [0.25, 0.3) is 0 Å². The van der Waals surface area contributed by atoms with E-state index in [1.165, 1.54) is 44.2 Å². The molecule has 41 heavy (non-hydrogen) atoms. The highest BCUT2D eigenvalue weighted by molar-refractivity contribution is 6.11. The van der Waals surface area contributed by atoms with Gasteiger partial charge in [-0.15, -0.1) is 0 Å². The number of para-hydroxylation sites is 2. The molecule has 2 heteroatoms. The van der Waals surface area contributed by atoms with Crippen molar-refractivity contribution in [3.05, 3.63) is 168 Å². The third kappa shape index (κ3) is 4.81. The summed E-state index contributed by atoms with van der Waals surface area (Å²) in [6.45, 7) is 2.17. The molecule has 0 aliphatic carbocycles. The molecule has 0 saturated carbocycles. The highest BCUT2D eigenvalue weighted by atomic mass is 15.1. The first-order valence-electron chi connectivity index (χ1n) is 14.0. The second kappa shape index (κ2) is 10.7. The number of anilines is 3. The molecule has 196 valence electrons. The average molecular weight is 527 g/mol. The lowest BCUT2D eigenvalue weighted by atomic mass is 10.1. The minimum absolute atomic E-state index is 1.12. The monoisotopic (exact) mass is 526 g/mol. The van der Waals surface area contributed by atoms with E-state index in [2.05, 4.69) is 174 Å². The fourth-order valence-electron chi connectivity index (χ4n) is 5.63. The molecular weight excluding hydrogens is 496 g/mol. The number of aromatic nitrogens is 1. The molecule has 0 N–H and O–H groups in total. The number of rotatable bonds is 6. The topological polar surface area (TPSA) is 8.17 Å². The zero-order valence-corrected chi connectivity index (χ0v) is 23.0. The van der Waals surface area contributed by atoms with Crippen LogP contribution >= 0.6 is 0 Å². The average Bonchev–Trinajstić information content (AvgIpc) is 3.35. The van der Waals surface area contributed by atoms with Crippen LogP contribution < -0.4 is 4.90 Å². The van der Waals surface area contributed by atoms with Gasteiger partial charge in [-0.25, -0.2) is 0 Å². The molecule has 1 heterocycles. The predicted octanol–water partition coefficient (Wildman–Crippen LogP) is 10.7. The Morgan fingerprint density at radius 3 is 1.66 bits per heavy atom. The van der Waals surface area contributed by atoms with Crippen LogP contribution in [0.15, 0.2) is 152 Å². The number of benzene rings is 6. The van der Waals surface area contributed by atoms with E-state index in [0.29, 0.717) is 0 Å². The molecule has 0 atom stereocenters. The van der Waals surface area contributed by atoms with Gasteiger partial charge in [-0.05, 0) is 84.8 Å². The van der Waals surface area contributed by atoms with Crippen LogP contribution in [0.25, 0.3) is 39.6 Å². The number of aryl methyl sites for hydroxylation is 1. The zero-order valence-electron chi connectivity index (χ0n) is 23.0. The summed E-state index contributed by atoms with van der Waals surface area (Å²) in [5.41, 5.74) is 10.6. The van der Waals surface area contributed by atoms with E-state index in [9.17, 15) is 0 Å². The summed E-state index contributed by atoms with van der Waals surface area (Å²) in [5.74, 6) is 0. The van der Waals surface area contributed by atoms with Crippen molar-refractivity contribution in [2.45, 2.75) is 6.92 Å². The van der Waals surface area contributed by atoms with Crippen LogP contribution in [0.3, 0.4) is 0 Å². The molecule has 2 nitrogen and oxygen atoms in total. The Morgan fingerprint density at radius 1 is 0.463 bits per heavy atom. The minimum atomic E-state index is 1.12. The van der Waals surface area contributed by atoms with Crippen molar-refractivity contribution >= 4 is 51.0 Å². The van der Waals surface area contributed by atoms with E-state index in [1.54, 1.807) is 0 Å². The molecule has 6 aromatic carbocycles. The largest absolute Gasteiger partial charge is 0.310 e. The molecule has 1 aromatic heterocycles. The Balaban J connectivity index is 1.35. The second-order valence-electron chi connectivity index (χ2n) is 10.4. The summed E-state index contributed by atoms with van der Waals surface area (Å²) >= 11 is 0. The van der Waals surface area contributed by atoms with Gasteiger partial charge in [-0.2, -0.15) is 0 Å². The van der Waals surface area contributed by atoms with Gasteiger partial charge >= 0.3 is 0 Å². The van der Waals surface area contributed by atoms with Crippen molar-refractivity contribution in [2.24, 2.45) is 0 Å². The highest BCUT2D eigenvalue weighted by Crippen LogP contribution is 2.39. The maximum absolute atomic E-state index is 2.37. The summed E-state index contributed by atoms with van der Waals surface area (Å²) in [4.78, 5) is 2.34. The first kappa shape index (κ1) is 24.7. The van der Waals surface area contributed by atoms with Gasteiger partial charge in [0.1, 0.15) is 0 Å². The van der Waals surface area contributed by atoms with Gasteiger partial charge in [0.05, 0.1) is 11.0 Å². The number of hydrogen-bond acceptors (Lipinski definition) is 1. The van der Waals surface area contributed by atoms with Crippen molar-refractivity contribution in [1.82, 2.24) is 4.57 Å². The lowest BCUT2D eigenvalue weighted by Gasteiger charge is -2.25. The fraction of sp³-hybridized carbons (Fsp3) is 0.0256. The van der Waals surface area contributed by atoms with E-state index in [0.717, 1.165) is 17.1 Å². The van der Waals surface area contributed by atoms with Gasteiger partial charge in [0, 0.05) is 33.5 Å². The van der Waals surface area contributed by atoms with Crippen molar-refractivity contribution in [1.29, 1.82) is 0 Å². The van der Waals surface area contributed by atoms with Crippen LogP contribution in [-0.4, -0.2) is 4.57 Å². The first-order chi connectivity index (χ1) is 20.2. The maximum atomic E-state index is 2.37. The summed E-state index contributed by atoms with van der Waals surface area (Å²) in [6.07, 6.45) is 4.32. The maximum Gasteiger partial charge on any atom is 0.0542 e. The summed E-state index contributed by atoms with van der Waals surface area (Å²) in [7, 11) is 0.